The van der Waals surface area contributed by atoms with Crippen LogP contribution in [0, 0.1) is 11.8 Å². The molecule has 2 fully saturated rings. The number of fused-ring (bicyclic) bond motifs is 1. The summed E-state index contributed by atoms with van der Waals surface area (Å²) in [6.45, 7) is 13.7. The first-order chi connectivity index (χ1) is 13.9. The molecule has 1 amide bonds. The standard InChI is InChI=1S/C24H37ClN2O2/c1-5-9-15-26-18-12-11-17(24(29,13-7-3)14-8-4)21-20(25)22(26)19(18)23(28)27(21)16-10-6-2/h7-8,11-12,17-22,29H,3-6,9-10,13-16H2,1-2H3/t17-,18+,19-,20+,21+,22+/m1/s1. The van der Waals surface area contributed by atoms with E-state index in [0.29, 0.717) is 19.4 Å². The van der Waals surface area contributed by atoms with Gasteiger partial charge in [-0.2, -0.15) is 0 Å². The lowest BCUT2D eigenvalue weighted by atomic mass is 9.63. The number of amides is 1. The van der Waals surface area contributed by atoms with Gasteiger partial charge < -0.3 is 10.0 Å². The number of hydrogen-bond donors (Lipinski definition) is 1. The first-order valence-electron chi connectivity index (χ1n) is 11.3. The minimum absolute atomic E-state index is 0.0495. The molecule has 4 aliphatic heterocycles. The molecule has 5 rings (SSSR count). The van der Waals surface area contributed by atoms with E-state index in [0.717, 1.165) is 32.2 Å². The number of halogens is 1. The van der Waals surface area contributed by atoms with E-state index in [2.05, 4.69) is 44.1 Å². The highest BCUT2D eigenvalue weighted by atomic mass is 35.5. The highest BCUT2D eigenvalue weighted by Gasteiger charge is 2.64. The number of hydrogen-bond acceptors (Lipinski definition) is 3. The van der Waals surface area contributed by atoms with Gasteiger partial charge in [0.25, 0.3) is 0 Å². The van der Waals surface area contributed by atoms with Crippen molar-refractivity contribution in [2.24, 2.45) is 11.8 Å². The molecule has 6 atom stereocenters. The van der Waals surface area contributed by atoms with E-state index in [1.54, 1.807) is 12.2 Å². The van der Waals surface area contributed by atoms with Crippen LogP contribution in [0.1, 0.15) is 52.4 Å². The largest absolute Gasteiger partial charge is 0.389 e. The summed E-state index contributed by atoms with van der Waals surface area (Å²) in [7, 11) is 0. The van der Waals surface area contributed by atoms with Gasteiger partial charge in [-0.1, -0.05) is 51.0 Å². The van der Waals surface area contributed by atoms with Crippen molar-refractivity contribution in [2.45, 2.75) is 81.5 Å². The van der Waals surface area contributed by atoms with E-state index in [4.69, 9.17) is 11.6 Å². The monoisotopic (exact) mass is 420 g/mol. The maximum Gasteiger partial charge on any atom is 0.229 e. The summed E-state index contributed by atoms with van der Waals surface area (Å²) in [4.78, 5) is 18.0. The molecule has 1 aliphatic carbocycles. The van der Waals surface area contributed by atoms with E-state index in [-0.39, 0.29) is 41.2 Å². The normalized spacial score (nSPS) is 33.9. The minimum atomic E-state index is -1.03. The second-order valence-electron chi connectivity index (χ2n) is 8.92. The molecule has 4 nitrogen and oxygen atoms in total. The number of piperidine rings is 1. The number of alkyl halides is 1. The summed E-state index contributed by atoms with van der Waals surface area (Å²) in [6.07, 6.45) is 12.9. The quantitative estimate of drug-likeness (QED) is 0.403. The van der Waals surface area contributed by atoms with Gasteiger partial charge in [0.05, 0.1) is 22.9 Å². The van der Waals surface area contributed by atoms with E-state index in [1.165, 1.54) is 0 Å². The van der Waals surface area contributed by atoms with Gasteiger partial charge >= 0.3 is 0 Å². The number of carbonyl (C=O) groups excluding carboxylic acids is 1. The molecule has 2 saturated heterocycles. The molecule has 0 spiro atoms. The van der Waals surface area contributed by atoms with Crippen LogP contribution in [0.3, 0.4) is 0 Å². The molecular weight excluding hydrogens is 384 g/mol. The molecule has 0 aromatic heterocycles. The van der Waals surface area contributed by atoms with Crippen LogP contribution in [0.4, 0.5) is 0 Å². The van der Waals surface area contributed by atoms with E-state index in [9.17, 15) is 9.90 Å². The van der Waals surface area contributed by atoms with Gasteiger partial charge in [0.15, 0.2) is 0 Å². The van der Waals surface area contributed by atoms with Crippen molar-refractivity contribution in [1.29, 1.82) is 0 Å². The molecule has 0 unspecified atom stereocenters. The van der Waals surface area contributed by atoms with Crippen LogP contribution in [0.2, 0.25) is 0 Å². The average Bonchev–Trinajstić information content (AvgIpc) is 2.65. The first kappa shape index (κ1) is 22.6. The Balaban J connectivity index is 2.03. The second kappa shape index (κ2) is 9.36. The van der Waals surface area contributed by atoms with E-state index in [1.807, 2.05) is 4.90 Å². The van der Waals surface area contributed by atoms with Crippen LogP contribution < -0.4 is 0 Å². The summed E-state index contributed by atoms with van der Waals surface area (Å²) in [5.41, 5.74) is -1.03. The minimum Gasteiger partial charge on any atom is -0.389 e. The van der Waals surface area contributed by atoms with Crippen LogP contribution in [0.15, 0.2) is 37.5 Å². The summed E-state index contributed by atoms with van der Waals surface area (Å²) in [5.74, 6) is -0.0649. The lowest BCUT2D eigenvalue weighted by Gasteiger charge is -2.64. The van der Waals surface area contributed by atoms with Crippen molar-refractivity contribution in [2.75, 3.05) is 13.1 Å². The Kier molecular flexibility index (Phi) is 7.29. The molecule has 0 aromatic carbocycles. The molecule has 0 radical (unpaired) electrons. The molecule has 4 bridgehead atoms. The van der Waals surface area contributed by atoms with Crippen LogP contribution in [0.25, 0.3) is 0 Å². The maximum atomic E-state index is 13.5. The van der Waals surface area contributed by atoms with Gasteiger partial charge in [0.2, 0.25) is 5.91 Å². The van der Waals surface area contributed by atoms with E-state index >= 15 is 0 Å². The molecule has 4 heterocycles. The zero-order chi connectivity index (χ0) is 21.2. The third kappa shape index (κ3) is 3.84. The van der Waals surface area contributed by atoms with Crippen molar-refractivity contribution in [3.05, 3.63) is 37.5 Å². The van der Waals surface area contributed by atoms with Crippen molar-refractivity contribution in [1.82, 2.24) is 9.80 Å². The molecule has 5 heteroatoms. The highest BCUT2D eigenvalue weighted by Crippen LogP contribution is 2.50. The summed E-state index contributed by atoms with van der Waals surface area (Å²) in [6, 6.07) is -0.0684. The fraction of sp³-hybridized carbons (Fsp3) is 0.708. The second-order valence-corrected chi connectivity index (χ2v) is 9.42. The molecule has 29 heavy (non-hydrogen) atoms. The third-order valence-electron chi connectivity index (χ3n) is 7.10. The maximum absolute atomic E-state index is 13.5. The first-order valence-corrected chi connectivity index (χ1v) is 11.7. The summed E-state index contributed by atoms with van der Waals surface area (Å²) in [5, 5.41) is 11.4. The van der Waals surface area contributed by atoms with Crippen molar-refractivity contribution < 1.29 is 9.90 Å². The Morgan fingerprint density at radius 1 is 1.10 bits per heavy atom. The van der Waals surface area contributed by atoms with Gasteiger partial charge in [-0.3, -0.25) is 9.69 Å². The van der Waals surface area contributed by atoms with Crippen molar-refractivity contribution in [3.63, 3.8) is 0 Å². The van der Waals surface area contributed by atoms with Gasteiger partial charge in [-0.25, -0.2) is 0 Å². The fourth-order valence-corrected chi connectivity index (χ4v) is 6.24. The van der Waals surface area contributed by atoms with Gasteiger partial charge in [0, 0.05) is 24.5 Å². The Labute approximate surface area is 181 Å². The molecular formula is C24H37ClN2O2. The zero-order valence-corrected chi connectivity index (χ0v) is 18.7. The average molecular weight is 421 g/mol. The predicted octanol–water partition coefficient (Wildman–Crippen LogP) is 4.14. The predicted molar refractivity (Wildman–Crippen MR) is 120 cm³/mol. The summed E-state index contributed by atoms with van der Waals surface area (Å²) >= 11 is 7.16. The fourth-order valence-electron chi connectivity index (χ4n) is 5.65. The molecule has 0 aromatic rings. The van der Waals surface area contributed by atoms with Crippen LogP contribution in [-0.2, 0) is 4.79 Å². The van der Waals surface area contributed by atoms with Crippen molar-refractivity contribution in [3.8, 4) is 0 Å². The number of unbranched alkanes of at least 4 members (excludes halogenated alkanes) is 2. The zero-order valence-electron chi connectivity index (χ0n) is 18.0. The molecule has 1 N–H and O–H groups in total. The topological polar surface area (TPSA) is 43.8 Å². The number of rotatable bonds is 11. The van der Waals surface area contributed by atoms with Crippen LogP contribution >= 0.6 is 11.6 Å². The molecule has 5 aliphatic rings. The van der Waals surface area contributed by atoms with Crippen molar-refractivity contribution >= 4 is 17.5 Å². The van der Waals surface area contributed by atoms with Gasteiger partial charge in [-0.15, -0.1) is 24.8 Å². The lowest BCUT2D eigenvalue weighted by Crippen LogP contribution is -2.79. The van der Waals surface area contributed by atoms with Gasteiger partial charge in [0.1, 0.15) is 0 Å². The lowest BCUT2D eigenvalue weighted by molar-refractivity contribution is -0.173. The van der Waals surface area contributed by atoms with Gasteiger partial charge in [-0.05, 0) is 32.2 Å². The highest BCUT2D eigenvalue weighted by molar-refractivity contribution is 6.22. The Morgan fingerprint density at radius 2 is 1.72 bits per heavy atom. The Morgan fingerprint density at radius 3 is 2.31 bits per heavy atom. The number of carbonyl (C=O) groups is 1. The SMILES string of the molecule is C=CCC(O)(CC=C)[C@@H]1C=C[C@H]2[C@H]3C(=O)N(CCCC)[C@@H]1[C@H](Cl)[C@H]3N2CCCC. The molecule has 162 valence electrons. The van der Waals surface area contributed by atoms with Crippen LogP contribution in [-0.4, -0.2) is 63.0 Å². The smallest absolute Gasteiger partial charge is 0.229 e. The Hall–Kier alpha value is -1.10. The molecule has 0 saturated carbocycles. The number of aliphatic hydroxyl groups is 1. The number of nitrogens with zero attached hydrogens (tertiary/aromatic N) is 2. The third-order valence-corrected chi connectivity index (χ3v) is 7.62. The summed E-state index contributed by atoms with van der Waals surface area (Å²) < 4.78 is 0. The van der Waals surface area contributed by atoms with E-state index < -0.39 is 5.60 Å². The van der Waals surface area contributed by atoms with Crippen LogP contribution in [0.5, 0.6) is 0 Å². The Bertz CT molecular complexity index is 639.